The van der Waals surface area contributed by atoms with E-state index in [0.29, 0.717) is 22.6 Å². The summed E-state index contributed by atoms with van der Waals surface area (Å²) < 4.78 is 28.5. The van der Waals surface area contributed by atoms with Gasteiger partial charge in [-0.2, -0.15) is 10.6 Å². The fourth-order valence-electron chi connectivity index (χ4n) is 4.59. The molecule has 3 atom stereocenters. The van der Waals surface area contributed by atoms with E-state index in [1.807, 2.05) is 31.2 Å². The second kappa shape index (κ2) is 9.92. The van der Waals surface area contributed by atoms with Crippen molar-refractivity contribution in [3.8, 4) is 5.75 Å². The number of nitrogens with one attached hydrogen (secondary N) is 1. The average Bonchev–Trinajstić information content (AvgIpc) is 2.89. The van der Waals surface area contributed by atoms with Crippen molar-refractivity contribution < 1.29 is 18.9 Å². The molecule has 1 heterocycles. The lowest BCUT2D eigenvalue weighted by atomic mass is 9.87. The van der Waals surface area contributed by atoms with Crippen LogP contribution >= 0.6 is 10.6 Å². The van der Waals surface area contributed by atoms with Crippen LogP contribution in [-0.2, 0) is 0 Å². The molecule has 1 unspecified atom stereocenters. The Morgan fingerprint density at radius 1 is 1.16 bits per heavy atom. The molecule has 2 aromatic carbocycles. The van der Waals surface area contributed by atoms with E-state index in [9.17, 15) is 14.2 Å². The zero-order valence-electron chi connectivity index (χ0n) is 19.1. The molecule has 5 nitrogen and oxygen atoms in total. The van der Waals surface area contributed by atoms with Crippen molar-refractivity contribution in [2.45, 2.75) is 75.5 Å². The van der Waals surface area contributed by atoms with Crippen molar-refractivity contribution in [1.82, 2.24) is 5.32 Å². The highest BCUT2D eigenvalue weighted by molar-refractivity contribution is 8.24. The van der Waals surface area contributed by atoms with E-state index in [1.54, 1.807) is 13.2 Å². The van der Waals surface area contributed by atoms with Crippen molar-refractivity contribution >= 4 is 10.6 Å². The summed E-state index contributed by atoms with van der Waals surface area (Å²) in [6.45, 7) is 6.17. The maximum atomic E-state index is 11.5. The highest BCUT2D eigenvalue weighted by Crippen LogP contribution is 2.58. The molecule has 0 fully saturated rings. The minimum atomic E-state index is -3.09. The predicted octanol–water partition coefficient (Wildman–Crippen LogP) is 6.28. The molecule has 1 aliphatic rings. The first-order chi connectivity index (χ1) is 14.8. The monoisotopic (exact) mass is 447 g/mol. The number of benzene rings is 2. The summed E-state index contributed by atoms with van der Waals surface area (Å²) in [7, 11) is -1.50. The molecule has 0 aliphatic carbocycles. The van der Waals surface area contributed by atoms with E-state index in [1.165, 1.54) is 0 Å². The standard InChI is InChI=1S/C25H37NO4S/c1-5-8-14-25(7-3)17-31(28,29)23-16-19(21(27)6-2)22(30-4)15-20(23)24(26-25)18-12-10-9-11-13-18/h9-13,15-16,21,24,26-29H,5-8,14,17H2,1-4H3/t21?,24-,25-/m1/s1. The Bertz CT molecular complexity index is 873. The third kappa shape index (κ3) is 4.94. The number of fused-ring (bicyclic) bond motifs is 1. The zero-order valence-corrected chi connectivity index (χ0v) is 19.9. The van der Waals surface area contributed by atoms with Crippen molar-refractivity contribution in [3.63, 3.8) is 0 Å². The smallest absolute Gasteiger partial charge is 0.125 e. The van der Waals surface area contributed by atoms with Gasteiger partial charge in [0.25, 0.3) is 0 Å². The lowest BCUT2D eigenvalue weighted by molar-refractivity contribution is 0.169. The van der Waals surface area contributed by atoms with Gasteiger partial charge in [0.05, 0.1) is 29.9 Å². The molecule has 3 rings (SSSR count). The summed E-state index contributed by atoms with van der Waals surface area (Å²) in [6, 6.07) is 13.6. The largest absolute Gasteiger partial charge is 0.496 e. The van der Waals surface area contributed by atoms with Gasteiger partial charge in [-0.05, 0) is 37.0 Å². The molecule has 0 saturated heterocycles. The van der Waals surface area contributed by atoms with E-state index >= 15 is 0 Å². The van der Waals surface area contributed by atoms with Crippen LogP contribution in [0.15, 0.2) is 47.4 Å². The van der Waals surface area contributed by atoms with Crippen molar-refractivity contribution in [3.05, 3.63) is 59.2 Å². The Hall–Kier alpha value is -1.57. The van der Waals surface area contributed by atoms with Crippen LogP contribution in [0.4, 0.5) is 0 Å². The summed E-state index contributed by atoms with van der Waals surface area (Å²) in [5.74, 6) is 0.837. The highest BCUT2D eigenvalue weighted by Gasteiger charge is 2.42. The maximum absolute atomic E-state index is 11.5. The number of methoxy groups -OCH3 is 1. The topological polar surface area (TPSA) is 82.0 Å². The van der Waals surface area contributed by atoms with Crippen LogP contribution in [0.2, 0.25) is 0 Å². The van der Waals surface area contributed by atoms with Crippen LogP contribution in [0.3, 0.4) is 0 Å². The molecule has 0 aromatic heterocycles. The molecule has 0 spiro atoms. The molecule has 31 heavy (non-hydrogen) atoms. The number of unbranched alkanes of at least 4 members (excludes halogenated alkanes) is 1. The van der Waals surface area contributed by atoms with Crippen LogP contribution in [0, 0.1) is 0 Å². The van der Waals surface area contributed by atoms with Gasteiger partial charge in [0.15, 0.2) is 0 Å². The Kier molecular flexibility index (Phi) is 7.71. The van der Waals surface area contributed by atoms with Crippen molar-refractivity contribution in [2.75, 3.05) is 12.9 Å². The molecule has 0 radical (unpaired) electrons. The average molecular weight is 448 g/mol. The van der Waals surface area contributed by atoms with E-state index < -0.39 is 22.2 Å². The minimum Gasteiger partial charge on any atom is -0.496 e. The van der Waals surface area contributed by atoms with Gasteiger partial charge in [-0.25, -0.2) is 0 Å². The van der Waals surface area contributed by atoms with E-state index in [4.69, 9.17) is 4.74 Å². The molecule has 0 bridgehead atoms. The van der Waals surface area contributed by atoms with E-state index in [-0.39, 0.29) is 11.8 Å². The second-order valence-electron chi connectivity index (χ2n) is 8.59. The lowest BCUT2D eigenvalue weighted by Gasteiger charge is -2.42. The zero-order chi connectivity index (χ0) is 22.6. The lowest BCUT2D eigenvalue weighted by Crippen LogP contribution is -2.49. The van der Waals surface area contributed by atoms with Crippen molar-refractivity contribution in [2.24, 2.45) is 0 Å². The van der Waals surface area contributed by atoms with Gasteiger partial charge in [0.2, 0.25) is 0 Å². The minimum absolute atomic E-state index is 0.205. The normalized spacial score (nSPS) is 24.7. The maximum Gasteiger partial charge on any atom is 0.125 e. The van der Waals surface area contributed by atoms with Gasteiger partial charge in [0, 0.05) is 16.7 Å². The molecule has 4 N–H and O–H groups in total. The Morgan fingerprint density at radius 2 is 1.87 bits per heavy atom. The fraction of sp³-hybridized carbons (Fsp3) is 0.520. The number of aliphatic hydroxyl groups excluding tert-OH is 1. The first-order valence-corrected chi connectivity index (χ1v) is 13.0. The Balaban J connectivity index is 2.26. The van der Waals surface area contributed by atoms with Gasteiger partial charge in [0.1, 0.15) is 5.75 Å². The quantitative estimate of drug-likeness (QED) is 0.383. The Morgan fingerprint density at radius 3 is 2.45 bits per heavy atom. The molecule has 1 aliphatic heterocycles. The first-order valence-electron chi connectivity index (χ1n) is 11.3. The SMILES string of the molecule is CCCC[C@]1(CC)CS(O)(O)c2cc(C(O)CC)c(OC)cc2[C@@H](c2ccccc2)N1. The number of rotatable bonds is 8. The van der Waals surface area contributed by atoms with E-state index in [0.717, 1.165) is 36.8 Å². The van der Waals surface area contributed by atoms with Crippen LogP contribution in [0.1, 0.15) is 81.7 Å². The van der Waals surface area contributed by atoms with Crippen LogP contribution < -0.4 is 10.1 Å². The molecule has 172 valence electrons. The molecular formula is C25H37NO4S. The van der Waals surface area contributed by atoms with Crippen LogP contribution in [0.25, 0.3) is 0 Å². The number of hydrogen-bond acceptors (Lipinski definition) is 5. The van der Waals surface area contributed by atoms with Crippen LogP contribution in [0.5, 0.6) is 5.75 Å². The molecular weight excluding hydrogens is 410 g/mol. The van der Waals surface area contributed by atoms with Gasteiger partial charge < -0.3 is 9.84 Å². The van der Waals surface area contributed by atoms with E-state index in [2.05, 4.69) is 31.3 Å². The first kappa shape index (κ1) is 24.1. The summed E-state index contributed by atoms with van der Waals surface area (Å²) in [6.07, 6.45) is 3.52. The molecule has 6 heteroatoms. The third-order valence-electron chi connectivity index (χ3n) is 6.52. The molecule has 0 saturated carbocycles. The summed E-state index contributed by atoms with van der Waals surface area (Å²) >= 11 is 0. The van der Waals surface area contributed by atoms with Crippen LogP contribution in [-0.4, -0.2) is 32.6 Å². The summed E-state index contributed by atoms with van der Waals surface area (Å²) in [4.78, 5) is 0.518. The second-order valence-corrected chi connectivity index (χ2v) is 10.7. The highest BCUT2D eigenvalue weighted by atomic mass is 32.3. The van der Waals surface area contributed by atoms with Crippen molar-refractivity contribution in [1.29, 1.82) is 0 Å². The summed E-state index contributed by atoms with van der Waals surface area (Å²) in [5, 5.41) is 14.4. The predicted molar refractivity (Wildman–Crippen MR) is 128 cm³/mol. The number of ether oxygens (including phenoxy) is 1. The van der Waals surface area contributed by atoms with Gasteiger partial charge in [-0.3, -0.25) is 14.4 Å². The fourth-order valence-corrected chi connectivity index (χ4v) is 6.82. The number of aliphatic hydroxyl groups is 1. The Labute approximate surface area is 188 Å². The van der Waals surface area contributed by atoms with Gasteiger partial charge in [-0.1, -0.05) is 63.9 Å². The summed E-state index contributed by atoms with van der Waals surface area (Å²) in [5.41, 5.74) is 2.08. The van der Waals surface area contributed by atoms with Gasteiger partial charge >= 0.3 is 0 Å². The molecule has 2 aromatic rings. The molecule has 0 amide bonds. The number of hydrogen-bond donors (Lipinski definition) is 4. The third-order valence-corrected chi connectivity index (χ3v) is 8.53. The van der Waals surface area contributed by atoms with Gasteiger partial charge in [-0.15, -0.1) is 0 Å².